The molecule has 1 N–H and O–H groups in total. The van der Waals surface area contributed by atoms with E-state index >= 15 is 0 Å². The average Bonchev–Trinajstić information content (AvgIpc) is 3.08. The van der Waals surface area contributed by atoms with Gasteiger partial charge in [0.2, 0.25) is 0 Å². The second-order valence-electron chi connectivity index (χ2n) is 5.44. The maximum Gasteiger partial charge on any atom is 0.0701 e. The largest absolute Gasteiger partial charge is 0.314 e. The Labute approximate surface area is 116 Å². The molecule has 1 atom stereocenters. The van der Waals surface area contributed by atoms with Gasteiger partial charge in [-0.1, -0.05) is 0 Å². The number of piperazine rings is 1. The molecule has 0 bridgehead atoms. The third-order valence-electron chi connectivity index (χ3n) is 4.20. The van der Waals surface area contributed by atoms with Crippen LogP contribution in [0.15, 0.2) is 15.9 Å². The molecule has 0 amide bonds. The Morgan fingerprint density at radius 2 is 2.35 bits per heavy atom. The first kappa shape index (κ1) is 12.2. The summed E-state index contributed by atoms with van der Waals surface area (Å²) in [6.07, 6.45) is 2.84. The van der Waals surface area contributed by atoms with Gasteiger partial charge in [-0.3, -0.25) is 4.90 Å². The molecule has 1 saturated heterocycles. The van der Waals surface area contributed by atoms with Gasteiger partial charge in [0.05, 0.1) is 3.79 Å². The second-order valence-corrected chi connectivity index (χ2v) is 7.98. The van der Waals surface area contributed by atoms with Crippen LogP contribution in [0.25, 0.3) is 0 Å². The Kier molecular flexibility index (Phi) is 3.32. The highest BCUT2D eigenvalue weighted by Crippen LogP contribution is 2.44. The van der Waals surface area contributed by atoms with E-state index in [9.17, 15) is 0 Å². The maximum atomic E-state index is 3.57. The Bertz CT molecular complexity index is 402. The van der Waals surface area contributed by atoms with E-state index in [2.05, 4.69) is 45.2 Å². The molecule has 3 rings (SSSR count). The predicted octanol–water partition coefficient (Wildman–Crippen LogP) is 3.08. The first-order valence-corrected chi connectivity index (χ1v) is 7.99. The number of hydrogen-bond donors (Lipinski definition) is 1. The molecule has 1 aromatic heterocycles. The van der Waals surface area contributed by atoms with E-state index in [0.717, 1.165) is 25.6 Å². The molecule has 1 aliphatic heterocycles. The maximum absolute atomic E-state index is 3.57. The zero-order valence-corrected chi connectivity index (χ0v) is 12.6. The van der Waals surface area contributed by atoms with Crippen molar-refractivity contribution in [3.63, 3.8) is 0 Å². The van der Waals surface area contributed by atoms with E-state index in [0.29, 0.717) is 5.54 Å². The van der Waals surface area contributed by atoms with Crippen molar-refractivity contribution in [3.05, 3.63) is 20.8 Å². The fourth-order valence-electron chi connectivity index (χ4n) is 2.91. The second kappa shape index (κ2) is 4.65. The standard InChI is InChI=1S/C13H19BrN2S/c1-13(10-2-3-10)9-15-6-7-16(13)8-11-4-5-12(14)17-11/h4-5,10,15H,2-3,6-9H2,1H3. The van der Waals surface area contributed by atoms with Crippen molar-refractivity contribution in [2.75, 3.05) is 19.6 Å². The summed E-state index contributed by atoms with van der Waals surface area (Å²) >= 11 is 5.42. The Hall–Kier alpha value is 0.1000. The molecule has 0 aromatic carbocycles. The van der Waals surface area contributed by atoms with E-state index in [1.165, 1.54) is 28.0 Å². The van der Waals surface area contributed by atoms with Crippen LogP contribution in [0.3, 0.4) is 0 Å². The van der Waals surface area contributed by atoms with Crippen molar-refractivity contribution < 1.29 is 0 Å². The van der Waals surface area contributed by atoms with Gasteiger partial charge >= 0.3 is 0 Å². The van der Waals surface area contributed by atoms with E-state index in [1.807, 2.05) is 11.3 Å². The lowest BCUT2D eigenvalue weighted by Crippen LogP contribution is -2.60. The number of nitrogens with one attached hydrogen (secondary N) is 1. The highest BCUT2D eigenvalue weighted by Gasteiger charge is 2.46. The first-order chi connectivity index (χ1) is 8.18. The lowest BCUT2D eigenvalue weighted by atomic mass is 9.91. The monoisotopic (exact) mass is 314 g/mol. The summed E-state index contributed by atoms with van der Waals surface area (Å²) in [6, 6.07) is 4.42. The fraction of sp³-hybridized carbons (Fsp3) is 0.692. The van der Waals surface area contributed by atoms with Gasteiger partial charge in [-0.2, -0.15) is 0 Å². The molecule has 2 fully saturated rings. The van der Waals surface area contributed by atoms with Crippen LogP contribution in [-0.4, -0.2) is 30.1 Å². The molecule has 2 aliphatic rings. The summed E-state index contributed by atoms with van der Waals surface area (Å²) in [6.45, 7) is 7.03. The average molecular weight is 315 g/mol. The molecule has 17 heavy (non-hydrogen) atoms. The van der Waals surface area contributed by atoms with Crippen LogP contribution in [0.4, 0.5) is 0 Å². The highest BCUT2D eigenvalue weighted by molar-refractivity contribution is 9.11. The van der Waals surface area contributed by atoms with Crippen LogP contribution in [0, 0.1) is 5.92 Å². The van der Waals surface area contributed by atoms with Gasteiger partial charge < -0.3 is 5.32 Å². The van der Waals surface area contributed by atoms with Crippen molar-refractivity contribution in [2.45, 2.75) is 31.8 Å². The van der Waals surface area contributed by atoms with Crippen LogP contribution in [-0.2, 0) is 6.54 Å². The molecule has 4 heteroatoms. The van der Waals surface area contributed by atoms with E-state index < -0.39 is 0 Å². The predicted molar refractivity (Wildman–Crippen MR) is 76.4 cm³/mol. The molecule has 94 valence electrons. The van der Waals surface area contributed by atoms with Crippen LogP contribution < -0.4 is 5.32 Å². The van der Waals surface area contributed by atoms with Crippen molar-refractivity contribution in [2.24, 2.45) is 5.92 Å². The quantitative estimate of drug-likeness (QED) is 0.922. The summed E-state index contributed by atoms with van der Waals surface area (Å²) in [5, 5.41) is 3.57. The van der Waals surface area contributed by atoms with Crippen LogP contribution in [0.1, 0.15) is 24.6 Å². The Morgan fingerprint density at radius 3 is 3.00 bits per heavy atom. The summed E-state index contributed by atoms with van der Waals surface area (Å²) in [5.41, 5.74) is 0.384. The van der Waals surface area contributed by atoms with Gasteiger partial charge in [0.25, 0.3) is 0 Å². The molecule has 0 spiro atoms. The zero-order chi connectivity index (χ0) is 11.9. The Morgan fingerprint density at radius 1 is 1.53 bits per heavy atom. The van der Waals surface area contributed by atoms with Crippen LogP contribution in [0.2, 0.25) is 0 Å². The molecule has 2 nitrogen and oxygen atoms in total. The van der Waals surface area contributed by atoms with E-state index in [1.54, 1.807) is 0 Å². The normalized spacial score (nSPS) is 30.7. The SMILES string of the molecule is CC1(C2CC2)CNCCN1Cc1ccc(Br)s1. The third kappa shape index (κ3) is 2.46. The van der Waals surface area contributed by atoms with Crippen LogP contribution in [0.5, 0.6) is 0 Å². The summed E-state index contributed by atoms with van der Waals surface area (Å²) in [4.78, 5) is 4.17. The van der Waals surface area contributed by atoms with E-state index in [4.69, 9.17) is 0 Å². The minimum Gasteiger partial charge on any atom is -0.314 e. The van der Waals surface area contributed by atoms with Crippen molar-refractivity contribution in [1.82, 2.24) is 10.2 Å². The van der Waals surface area contributed by atoms with Gasteiger partial charge in [0, 0.05) is 36.6 Å². The van der Waals surface area contributed by atoms with Gasteiger partial charge in [0.1, 0.15) is 0 Å². The summed E-state index contributed by atoms with van der Waals surface area (Å²) in [7, 11) is 0. The van der Waals surface area contributed by atoms with Crippen molar-refractivity contribution in [3.8, 4) is 0 Å². The minimum absolute atomic E-state index is 0.384. The number of rotatable bonds is 3. The minimum atomic E-state index is 0.384. The summed E-state index contributed by atoms with van der Waals surface area (Å²) in [5.74, 6) is 0.915. The van der Waals surface area contributed by atoms with Crippen LogP contribution >= 0.6 is 27.3 Å². The highest BCUT2D eigenvalue weighted by atomic mass is 79.9. The van der Waals surface area contributed by atoms with E-state index in [-0.39, 0.29) is 0 Å². The Balaban J connectivity index is 1.75. The molecular formula is C13H19BrN2S. The number of nitrogens with zero attached hydrogens (tertiary/aromatic N) is 1. The molecule has 2 heterocycles. The lowest BCUT2D eigenvalue weighted by Gasteiger charge is -2.45. The number of thiophene rings is 1. The van der Waals surface area contributed by atoms with Gasteiger partial charge in [0.15, 0.2) is 0 Å². The topological polar surface area (TPSA) is 15.3 Å². The van der Waals surface area contributed by atoms with Gasteiger partial charge in [-0.15, -0.1) is 11.3 Å². The molecule has 1 saturated carbocycles. The molecule has 1 aromatic rings. The lowest BCUT2D eigenvalue weighted by molar-refractivity contribution is 0.0494. The number of hydrogen-bond acceptors (Lipinski definition) is 3. The third-order valence-corrected chi connectivity index (χ3v) is 5.80. The first-order valence-electron chi connectivity index (χ1n) is 6.38. The molecule has 1 aliphatic carbocycles. The summed E-state index contributed by atoms with van der Waals surface area (Å²) < 4.78 is 1.25. The molecule has 0 radical (unpaired) electrons. The smallest absolute Gasteiger partial charge is 0.0701 e. The van der Waals surface area contributed by atoms with Crippen molar-refractivity contribution in [1.29, 1.82) is 0 Å². The number of halogens is 1. The fourth-order valence-corrected chi connectivity index (χ4v) is 4.41. The molecular weight excluding hydrogens is 296 g/mol. The zero-order valence-electron chi connectivity index (χ0n) is 10.2. The molecule has 1 unspecified atom stereocenters. The van der Waals surface area contributed by atoms with Crippen molar-refractivity contribution >= 4 is 27.3 Å². The van der Waals surface area contributed by atoms with Gasteiger partial charge in [-0.05, 0) is 53.7 Å². The van der Waals surface area contributed by atoms with Gasteiger partial charge in [-0.25, -0.2) is 0 Å².